The zero-order valence-corrected chi connectivity index (χ0v) is 12.9. The highest BCUT2D eigenvalue weighted by Gasteiger charge is 2.41. The molecule has 0 unspecified atom stereocenters. The molecule has 1 saturated carbocycles. The van der Waals surface area contributed by atoms with Crippen molar-refractivity contribution in [2.45, 2.75) is 26.3 Å². The Labute approximate surface area is 126 Å². The van der Waals surface area contributed by atoms with E-state index in [9.17, 15) is 5.11 Å². The van der Waals surface area contributed by atoms with Gasteiger partial charge in [-0.1, -0.05) is 12.1 Å². The van der Waals surface area contributed by atoms with Gasteiger partial charge >= 0.3 is 0 Å². The predicted molar refractivity (Wildman–Crippen MR) is 84.6 cm³/mol. The maximum atomic E-state index is 9.34. The average molecular weight is 291 g/mol. The summed E-state index contributed by atoms with van der Waals surface area (Å²) in [6.45, 7) is 4.51. The smallest absolute Gasteiger partial charge is 0.191 e. The molecule has 1 aromatic carbocycles. The molecule has 0 heterocycles. The first-order chi connectivity index (χ1) is 10.2. The van der Waals surface area contributed by atoms with Crippen molar-refractivity contribution in [3.63, 3.8) is 0 Å². The highest BCUT2D eigenvalue weighted by Crippen LogP contribution is 2.44. The minimum absolute atomic E-state index is 0.0797. The highest BCUT2D eigenvalue weighted by atomic mass is 16.5. The van der Waals surface area contributed by atoms with Crippen LogP contribution < -0.4 is 15.4 Å². The molecule has 0 aromatic heterocycles. The molecule has 0 bridgehead atoms. The zero-order chi connectivity index (χ0) is 15.1. The van der Waals surface area contributed by atoms with E-state index in [-0.39, 0.29) is 12.0 Å². The summed E-state index contributed by atoms with van der Waals surface area (Å²) in [7, 11) is 1.66. The summed E-state index contributed by atoms with van der Waals surface area (Å²) in [6, 6.07) is 7.91. The third-order valence-electron chi connectivity index (χ3n) is 3.85. The van der Waals surface area contributed by atoms with Crippen molar-refractivity contribution in [2.75, 3.05) is 26.8 Å². The van der Waals surface area contributed by atoms with Gasteiger partial charge in [0.05, 0.1) is 20.3 Å². The van der Waals surface area contributed by atoms with E-state index in [0.717, 1.165) is 43.2 Å². The Kier molecular flexibility index (Phi) is 5.44. The number of guanidine groups is 1. The van der Waals surface area contributed by atoms with Crippen molar-refractivity contribution in [1.82, 2.24) is 10.6 Å². The van der Waals surface area contributed by atoms with Crippen LogP contribution in [0.5, 0.6) is 5.75 Å². The Morgan fingerprint density at radius 1 is 1.29 bits per heavy atom. The maximum Gasteiger partial charge on any atom is 0.191 e. The third kappa shape index (κ3) is 4.63. The molecule has 0 radical (unpaired) electrons. The molecular weight excluding hydrogens is 266 g/mol. The molecule has 3 N–H and O–H groups in total. The minimum atomic E-state index is 0.0797. The number of nitrogens with zero attached hydrogens (tertiary/aromatic N) is 1. The molecule has 2 rings (SSSR count). The Bertz CT molecular complexity index is 467. The van der Waals surface area contributed by atoms with Gasteiger partial charge in [-0.3, -0.25) is 0 Å². The van der Waals surface area contributed by atoms with Crippen LogP contribution in [0.3, 0.4) is 0 Å². The fourth-order valence-corrected chi connectivity index (χ4v) is 2.08. The first-order valence-corrected chi connectivity index (χ1v) is 7.47. The highest BCUT2D eigenvalue weighted by molar-refractivity contribution is 5.79. The van der Waals surface area contributed by atoms with Gasteiger partial charge in [0.2, 0.25) is 0 Å². The number of rotatable bonds is 7. The third-order valence-corrected chi connectivity index (χ3v) is 3.85. The van der Waals surface area contributed by atoms with Crippen LogP contribution in [0.25, 0.3) is 0 Å². The molecule has 1 aliphatic rings. The van der Waals surface area contributed by atoms with Gasteiger partial charge in [-0.15, -0.1) is 0 Å². The van der Waals surface area contributed by atoms with Crippen LogP contribution >= 0.6 is 0 Å². The van der Waals surface area contributed by atoms with Crippen LogP contribution in [0, 0.1) is 5.41 Å². The quantitative estimate of drug-likeness (QED) is 0.526. The molecule has 1 fully saturated rings. The molecule has 0 spiro atoms. The fraction of sp³-hybridized carbons (Fsp3) is 0.562. The van der Waals surface area contributed by atoms with E-state index in [0.29, 0.717) is 6.54 Å². The van der Waals surface area contributed by atoms with Gasteiger partial charge in [0.1, 0.15) is 5.75 Å². The normalized spacial score (nSPS) is 16.4. The predicted octanol–water partition coefficient (Wildman–Crippen LogP) is 1.52. The summed E-state index contributed by atoms with van der Waals surface area (Å²) >= 11 is 0. The molecule has 116 valence electrons. The number of benzene rings is 1. The first-order valence-electron chi connectivity index (χ1n) is 7.47. The van der Waals surface area contributed by atoms with Gasteiger partial charge in [-0.25, -0.2) is 4.99 Å². The molecule has 0 amide bonds. The lowest BCUT2D eigenvalue weighted by molar-refractivity contribution is 0.212. The van der Waals surface area contributed by atoms with E-state index in [1.165, 1.54) is 0 Å². The molecule has 1 aromatic rings. The second-order valence-corrected chi connectivity index (χ2v) is 5.55. The SMILES string of the molecule is CCNC(=NCc1ccc(OC)cc1)NCC1(CO)CC1. The van der Waals surface area contributed by atoms with E-state index in [1.807, 2.05) is 31.2 Å². The van der Waals surface area contributed by atoms with Crippen LogP contribution in [-0.4, -0.2) is 37.9 Å². The minimum Gasteiger partial charge on any atom is -0.497 e. The van der Waals surface area contributed by atoms with Crippen molar-refractivity contribution in [1.29, 1.82) is 0 Å². The second kappa shape index (κ2) is 7.31. The van der Waals surface area contributed by atoms with Crippen LogP contribution in [0.4, 0.5) is 0 Å². The van der Waals surface area contributed by atoms with Crippen molar-refractivity contribution >= 4 is 5.96 Å². The molecule has 5 heteroatoms. The summed E-state index contributed by atoms with van der Waals surface area (Å²) in [6.07, 6.45) is 2.18. The number of hydrogen-bond acceptors (Lipinski definition) is 3. The van der Waals surface area contributed by atoms with Crippen molar-refractivity contribution < 1.29 is 9.84 Å². The van der Waals surface area contributed by atoms with E-state index < -0.39 is 0 Å². The number of nitrogens with one attached hydrogen (secondary N) is 2. The summed E-state index contributed by atoms with van der Waals surface area (Å²) in [4.78, 5) is 4.58. The van der Waals surface area contributed by atoms with Crippen LogP contribution in [0.2, 0.25) is 0 Å². The second-order valence-electron chi connectivity index (χ2n) is 5.55. The number of aliphatic hydroxyl groups is 1. The Hall–Kier alpha value is -1.75. The largest absolute Gasteiger partial charge is 0.497 e. The van der Waals surface area contributed by atoms with Crippen LogP contribution in [-0.2, 0) is 6.54 Å². The number of methoxy groups -OCH3 is 1. The lowest BCUT2D eigenvalue weighted by Gasteiger charge is -2.16. The molecule has 0 saturated heterocycles. The van der Waals surface area contributed by atoms with E-state index in [2.05, 4.69) is 15.6 Å². The van der Waals surface area contributed by atoms with E-state index in [4.69, 9.17) is 4.74 Å². The standard InChI is InChI=1S/C16H25N3O2/c1-3-17-15(19-11-16(12-20)8-9-16)18-10-13-4-6-14(21-2)7-5-13/h4-7,20H,3,8-12H2,1-2H3,(H2,17,18,19). The molecule has 5 nitrogen and oxygen atoms in total. The number of aliphatic imine (C=N–C) groups is 1. The summed E-state index contributed by atoms with van der Waals surface area (Å²) in [5.74, 6) is 1.65. The number of ether oxygens (including phenoxy) is 1. The monoisotopic (exact) mass is 291 g/mol. The van der Waals surface area contributed by atoms with Crippen LogP contribution in [0.15, 0.2) is 29.3 Å². The van der Waals surface area contributed by atoms with Crippen molar-refractivity contribution in [3.8, 4) is 5.75 Å². The first kappa shape index (κ1) is 15.6. The molecular formula is C16H25N3O2. The van der Waals surface area contributed by atoms with Crippen molar-refractivity contribution in [3.05, 3.63) is 29.8 Å². The fourth-order valence-electron chi connectivity index (χ4n) is 2.08. The molecule has 21 heavy (non-hydrogen) atoms. The Balaban J connectivity index is 1.89. The van der Waals surface area contributed by atoms with Gasteiger partial charge in [-0.2, -0.15) is 0 Å². The van der Waals surface area contributed by atoms with Crippen molar-refractivity contribution in [2.24, 2.45) is 10.4 Å². The lowest BCUT2D eigenvalue weighted by atomic mass is 10.1. The van der Waals surface area contributed by atoms with E-state index >= 15 is 0 Å². The lowest BCUT2D eigenvalue weighted by Crippen LogP contribution is -2.41. The average Bonchev–Trinajstić information content (AvgIpc) is 3.31. The van der Waals surface area contributed by atoms with Gasteiger partial charge in [-0.05, 0) is 37.5 Å². The Morgan fingerprint density at radius 3 is 2.52 bits per heavy atom. The summed E-state index contributed by atoms with van der Waals surface area (Å²) < 4.78 is 5.14. The van der Waals surface area contributed by atoms with E-state index in [1.54, 1.807) is 7.11 Å². The molecule has 0 aliphatic heterocycles. The number of aliphatic hydroxyl groups excluding tert-OH is 1. The molecule has 1 aliphatic carbocycles. The molecule has 0 atom stereocenters. The Morgan fingerprint density at radius 2 is 2.00 bits per heavy atom. The summed E-state index contributed by atoms with van der Waals surface area (Å²) in [5, 5.41) is 15.9. The topological polar surface area (TPSA) is 65.9 Å². The number of hydrogen-bond donors (Lipinski definition) is 3. The van der Waals surface area contributed by atoms with Gasteiger partial charge < -0.3 is 20.5 Å². The maximum absolute atomic E-state index is 9.34. The summed E-state index contributed by atoms with van der Waals surface area (Å²) in [5.41, 5.74) is 1.22. The van der Waals surface area contributed by atoms with Gasteiger partial charge in [0.15, 0.2) is 5.96 Å². The zero-order valence-electron chi connectivity index (χ0n) is 12.9. The van der Waals surface area contributed by atoms with Gasteiger partial charge in [0, 0.05) is 18.5 Å². The van der Waals surface area contributed by atoms with Crippen LogP contribution in [0.1, 0.15) is 25.3 Å². The van der Waals surface area contributed by atoms with Gasteiger partial charge in [0.25, 0.3) is 0 Å².